The Morgan fingerprint density at radius 2 is 2.33 bits per heavy atom. The van der Waals surface area contributed by atoms with Gasteiger partial charge in [-0.15, -0.1) is 0 Å². The zero-order valence-electron chi connectivity index (χ0n) is 4.30. The molecule has 4 nitrogen and oxygen atoms in total. The Kier molecular flexibility index (Phi) is 1.46. The lowest BCUT2D eigenvalue weighted by Gasteiger charge is -1.99. The lowest BCUT2D eigenvalue weighted by molar-refractivity contribution is -0.151. The third-order valence-corrected chi connectivity index (χ3v) is 1.70. The van der Waals surface area contributed by atoms with Crippen LogP contribution < -0.4 is 5.73 Å². The first kappa shape index (κ1) is 6.57. The molecule has 1 heterocycles. The van der Waals surface area contributed by atoms with Crippen molar-refractivity contribution in [1.29, 1.82) is 0 Å². The molecule has 1 atom stereocenters. The molecule has 0 aromatic heterocycles. The molecule has 1 aliphatic heterocycles. The van der Waals surface area contributed by atoms with Gasteiger partial charge < -0.3 is 15.6 Å². The summed E-state index contributed by atoms with van der Waals surface area (Å²) in [6.45, 7) is 0. The summed E-state index contributed by atoms with van der Waals surface area (Å²) in [4.78, 5) is 10.4. The number of carbonyl (C=O) groups is 1. The Bertz CT molecular complexity index is 188. The Balaban J connectivity index is 2.92. The molecule has 0 amide bonds. The van der Waals surface area contributed by atoms with Gasteiger partial charge in [-0.3, -0.25) is 0 Å². The van der Waals surface area contributed by atoms with Gasteiger partial charge in [0.1, 0.15) is 4.48 Å². The molecule has 0 aromatic carbocycles. The largest absolute Gasteiger partial charge is 0.426 e. The van der Waals surface area contributed by atoms with Gasteiger partial charge in [0.25, 0.3) is 0 Å². The molecule has 50 valence electrons. The summed E-state index contributed by atoms with van der Waals surface area (Å²) in [5.41, 5.74) is 5.18. The van der Waals surface area contributed by atoms with Crippen LogP contribution in [0.15, 0.2) is 10.2 Å². The van der Waals surface area contributed by atoms with Crippen molar-refractivity contribution in [3.05, 3.63) is 10.2 Å². The van der Waals surface area contributed by atoms with E-state index >= 15 is 0 Å². The van der Waals surface area contributed by atoms with E-state index < -0.39 is 12.3 Å². The number of cyclic esters (lactones) is 1. The van der Waals surface area contributed by atoms with E-state index in [1.807, 2.05) is 0 Å². The van der Waals surface area contributed by atoms with Crippen LogP contribution in [0.5, 0.6) is 0 Å². The first-order chi connectivity index (χ1) is 4.13. The molecule has 1 unspecified atom stereocenters. The van der Waals surface area contributed by atoms with Crippen LogP contribution in [0.2, 0.25) is 0 Å². The van der Waals surface area contributed by atoms with Crippen molar-refractivity contribution in [1.82, 2.24) is 0 Å². The molecule has 0 aliphatic carbocycles. The summed E-state index contributed by atoms with van der Waals surface area (Å²) in [5, 5.41) is 8.68. The number of aliphatic hydroxyl groups is 1. The van der Waals surface area contributed by atoms with Gasteiger partial charge in [0.05, 0.1) is 5.70 Å². The maximum Gasteiger partial charge on any atom is 0.349 e. The summed E-state index contributed by atoms with van der Waals surface area (Å²) < 4.78 is 4.36. The number of aliphatic hydroxyl groups excluding tert-OH is 1. The van der Waals surface area contributed by atoms with Crippen LogP contribution >= 0.6 is 15.9 Å². The van der Waals surface area contributed by atoms with Gasteiger partial charge >= 0.3 is 5.97 Å². The van der Waals surface area contributed by atoms with Gasteiger partial charge in [-0.05, 0) is 15.9 Å². The number of halogens is 1. The number of hydrogen-bond acceptors (Lipinski definition) is 4. The number of carbonyl (C=O) groups excluding carboxylic acids is 1. The molecular formula is C4H4BrNO3. The van der Waals surface area contributed by atoms with Crippen molar-refractivity contribution in [2.24, 2.45) is 5.73 Å². The third-order valence-electron chi connectivity index (χ3n) is 0.917. The van der Waals surface area contributed by atoms with Crippen LogP contribution in [0.1, 0.15) is 0 Å². The van der Waals surface area contributed by atoms with Crippen molar-refractivity contribution in [2.45, 2.75) is 6.29 Å². The van der Waals surface area contributed by atoms with E-state index in [0.717, 1.165) is 0 Å². The minimum atomic E-state index is -1.27. The van der Waals surface area contributed by atoms with Gasteiger partial charge in [0.15, 0.2) is 0 Å². The minimum absolute atomic E-state index is 0.0278. The number of rotatable bonds is 0. The van der Waals surface area contributed by atoms with Crippen LogP contribution in [-0.2, 0) is 9.53 Å². The molecule has 1 aliphatic rings. The van der Waals surface area contributed by atoms with Crippen LogP contribution in [0.3, 0.4) is 0 Å². The fourth-order valence-electron chi connectivity index (χ4n) is 0.443. The zero-order chi connectivity index (χ0) is 7.02. The van der Waals surface area contributed by atoms with Crippen LogP contribution in [0, 0.1) is 0 Å². The van der Waals surface area contributed by atoms with E-state index in [0.29, 0.717) is 0 Å². The van der Waals surface area contributed by atoms with Gasteiger partial charge in [0.2, 0.25) is 6.29 Å². The predicted molar refractivity (Wildman–Crippen MR) is 32.2 cm³/mol. The van der Waals surface area contributed by atoms with E-state index in [1.165, 1.54) is 0 Å². The summed E-state index contributed by atoms with van der Waals surface area (Å²) in [5.74, 6) is -0.625. The molecule has 0 fully saturated rings. The summed E-state index contributed by atoms with van der Waals surface area (Å²) >= 11 is 2.83. The standard InChI is InChI=1S/C4H4BrNO3/c5-1-2(6)4(8)9-3(1)7/h4,8H,6H2. The third kappa shape index (κ3) is 0.927. The van der Waals surface area contributed by atoms with E-state index in [2.05, 4.69) is 20.7 Å². The number of hydrogen-bond donors (Lipinski definition) is 2. The summed E-state index contributed by atoms with van der Waals surface area (Å²) in [6.07, 6.45) is -1.27. The number of nitrogens with two attached hydrogens (primary N) is 1. The molecule has 3 N–H and O–H groups in total. The van der Waals surface area contributed by atoms with Crippen molar-refractivity contribution >= 4 is 21.9 Å². The molecule has 0 spiro atoms. The maximum atomic E-state index is 10.4. The highest BCUT2D eigenvalue weighted by atomic mass is 79.9. The number of ether oxygens (including phenoxy) is 1. The fourth-order valence-corrected chi connectivity index (χ4v) is 0.732. The van der Waals surface area contributed by atoms with Gasteiger partial charge in [-0.1, -0.05) is 0 Å². The lowest BCUT2D eigenvalue weighted by atomic mass is 10.4. The normalized spacial score (nSPS) is 26.9. The zero-order valence-corrected chi connectivity index (χ0v) is 5.88. The van der Waals surface area contributed by atoms with Gasteiger partial charge in [-0.2, -0.15) is 0 Å². The van der Waals surface area contributed by atoms with Crippen LogP contribution in [-0.4, -0.2) is 17.4 Å². The molecule has 0 saturated carbocycles. The quantitative estimate of drug-likeness (QED) is 0.506. The lowest BCUT2D eigenvalue weighted by Crippen LogP contribution is -2.14. The highest BCUT2D eigenvalue weighted by molar-refractivity contribution is 9.12. The maximum absolute atomic E-state index is 10.4. The van der Waals surface area contributed by atoms with Crippen molar-refractivity contribution in [2.75, 3.05) is 0 Å². The molecule has 1 rings (SSSR count). The Morgan fingerprint density at radius 1 is 1.78 bits per heavy atom. The molecule has 0 aromatic rings. The highest BCUT2D eigenvalue weighted by Crippen LogP contribution is 2.21. The molecule has 9 heavy (non-hydrogen) atoms. The van der Waals surface area contributed by atoms with Crippen LogP contribution in [0.25, 0.3) is 0 Å². The minimum Gasteiger partial charge on any atom is -0.426 e. The van der Waals surface area contributed by atoms with Crippen molar-refractivity contribution < 1.29 is 14.6 Å². The first-order valence-corrected chi connectivity index (χ1v) is 2.96. The summed E-state index contributed by atoms with van der Waals surface area (Å²) in [6, 6.07) is 0. The van der Waals surface area contributed by atoms with E-state index in [-0.39, 0.29) is 10.2 Å². The van der Waals surface area contributed by atoms with E-state index in [9.17, 15) is 4.79 Å². The van der Waals surface area contributed by atoms with Gasteiger partial charge in [0, 0.05) is 0 Å². The van der Waals surface area contributed by atoms with E-state index in [1.54, 1.807) is 0 Å². The van der Waals surface area contributed by atoms with Crippen LogP contribution in [0.4, 0.5) is 0 Å². The second-order valence-electron chi connectivity index (χ2n) is 1.53. The summed E-state index contributed by atoms with van der Waals surface area (Å²) in [7, 11) is 0. The molecular weight excluding hydrogens is 190 g/mol. The first-order valence-electron chi connectivity index (χ1n) is 2.17. The monoisotopic (exact) mass is 193 g/mol. The molecule has 0 bridgehead atoms. The number of esters is 1. The Labute approximate surface area is 59.4 Å². The fraction of sp³-hybridized carbons (Fsp3) is 0.250. The average Bonchev–Trinajstić information content (AvgIpc) is 1.98. The predicted octanol–water partition coefficient (Wildman–Crippen LogP) is -0.573. The molecule has 0 radical (unpaired) electrons. The SMILES string of the molecule is NC1=C(Br)C(=O)OC1O. The molecule has 5 heteroatoms. The topological polar surface area (TPSA) is 72.6 Å². The molecule has 0 saturated heterocycles. The van der Waals surface area contributed by atoms with E-state index in [4.69, 9.17) is 10.8 Å². The Morgan fingerprint density at radius 3 is 2.44 bits per heavy atom. The Hall–Kier alpha value is -0.550. The smallest absolute Gasteiger partial charge is 0.349 e. The second-order valence-corrected chi connectivity index (χ2v) is 2.32. The second kappa shape index (κ2) is 2.00. The van der Waals surface area contributed by atoms with Crippen molar-refractivity contribution in [3.8, 4) is 0 Å². The average molecular weight is 194 g/mol. The van der Waals surface area contributed by atoms with Crippen molar-refractivity contribution in [3.63, 3.8) is 0 Å². The highest BCUT2D eigenvalue weighted by Gasteiger charge is 2.28. The van der Waals surface area contributed by atoms with Gasteiger partial charge in [-0.25, -0.2) is 4.79 Å².